The molecule has 1 amide bonds. The molecule has 1 aliphatic heterocycles. The summed E-state index contributed by atoms with van der Waals surface area (Å²) in [5, 5.41) is 23.4. The van der Waals surface area contributed by atoms with E-state index < -0.39 is 44.4 Å². The van der Waals surface area contributed by atoms with Gasteiger partial charge in [-0.25, -0.2) is 13.2 Å². The van der Waals surface area contributed by atoms with Crippen LogP contribution in [0.15, 0.2) is 62.3 Å². The first kappa shape index (κ1) is 19.8. The van der Waals surface area contributed by atoms with Gasteiger partial charge in [0.05, 0.1) is 10.3 Å². The van der Waals surface area contributed by atoms with Crippen molar-refractivity contribution >= 4 is 49.9 Å². The molecule has 3 aromatic rings. The van der Waals surface area contributed by atoms with Crippen LogP contribution in [-0.4, -0.2) is 35.9 Å². The maximum atomic E-state index is 12.8. The zero-order chi connectivity index (χ0) is 21.8. The number of halogens is 1. The number of nitrogens with one attached hydrogen (secondary N) is 1. The number of nitrogens with zero attached hydrogens (tertiary/aromatic N) is 1. The highest BCUT2D eigenvalue weighted by Gasteiger charge is 2.38. The summed E-state index contributed by atoms with van der Waals surface area (Å²) in [7, 11) is -3.05. The summed E-state index contributed by atoms with van der Waals surface area (Å²) in [5.74, 6) is -2.36. The number of aliphatic hydroxyl groups is 1. The van der Waals surface area contributed by atoms with E-state index >= 15 is 0 Å². The maximum absolute atomic E-state index is 12.8. The van der Waals surface area contributed by atoms with Crippen LogP contribution < -0.4 is 10.9 Å². The summed E-state index contributed by atoms with van der Waals surface area (Å²) in [6, 6.07) is 9.76. The molecule has 1 aromatic heterocycles. The van der Waals surface area contributed by atoms with Crippen molar-refractivity contribution in [1.29, 1.82) is 0 Å². The Morgan fingerprint density at radius 2 is 1.87 bits per heavy atom. The first-order valence-corrected chi connectivity index (χ1v) is 10.2. The minimum Gasteiger partial charge on any atom is -0.505 e. The minimum atomic E-state index is -4.13. The van der Waals surface area contributed by atoms with Crippen molar-refractivity contribution in [2.45, 2.75) is 4.90 Å². The number of hydrogen-bond donors (Lipinski definition) is 3. The molecule has 2 heterocycles. The molecule has 30 heavy (non-hydrogen) atoms. The lowest BCUT2D eigenvalue weighted by Crippen LogP contribution is -2.37. The highest BCUT2D eigenvalue weighted by molar-refractivity contribution is 7.89. The van der Waals surface area contributed by atoms with Gasteiger partial charge in [-0.05, 0) is 30.3 Å². The molecule has 9 nitrogen and oxygen atoms in total. The third-order valence-corrected chi connectivity index (χ3v) is 6.66. The molecule has 0 spiro atoms. The SMILES string of the molecule is CN1C(C(=O)Nc2c(O)c3cc(Cl)ccc3oc2=O)=C(O)c2ccccc2S1(=O)=O. The van der Waals surface area contributed by atoms with Crippen molar-refractivity contribution in [3.8, 4) is 5.75 Å². The molecule has 0 saturated carbocycles. The summed E-state index contributed by atoms with van der Waals surface area (Å²) >= 11 is 5.90. The maximum Gasteiger partial charge on any atom is 0.364 e. The number of aliphatic hydroxyl groups excluding tert-OH is 1. The number of hydrogen-bond acceptors (Lipinski definition) is 7. The number of amides is 1. The van der Waals surface area contributed by atoms with Gasteiger partial charge in [-0.2, -0.15) is 0 Å². The molecule has 0 aliphatic carbocycles. The Balaban J connectivity index is 1.84. The van der Waals surface area contributed by atoms with Crippen LogP contribution in [0.4, 0.5) is 5.69 Å². The Bertz CT molecular complexity index is 1430. The van der Waals surface area contributed by atoms with Gasteiger partial charge < -0.3 is 19.9 Å². The van der Waals surface area contributed by atoms with E-state index in [1.807, 2.05) is 0 Å². The van der Waals surface area contributed by atoms with Crippen LogP contribution in [0.5, 0.6) is 5.75 Å². The van der Waals surface area contributed by atoms with E-state index in [0.29, 0.717) is 4.31 Å². The van der Waals surface area contributed by atoms with E-state index in [1.165, 1.54) is 42.5 Å². The van der Waals surface area contributed by atoms with E-state index in [-0.39, 0.29) is 26.5 Å². The van der Waals surface area contributed by atoms with E-state index in [4.69, 9.17) is 16.0 Å². The number of rotatable bonds is 2. The average Bonchev–Trinajstić information content (AvgIpc) is 2.71. The van der Waals surface area contributed by atoms with Gasteiger partial charge in [0, 0.05) is 17.6 Å². The van der Waals surface area contributed by atoms with E-state index in [9.17, 15) is 28.2 Å². The first-order chi connectivity index (χ1) is 14.1. The lowest BCUT2D eigenvalue weighted by atomic mass is 10.1. The summed E-state index contributed by atoms with van der Waals surface area (Å²) in [4.78, 5) is 24.9. The third-order valence-electron chi connectivity index (χ3n) is 4.61. The molecular formula is C19H13ClN2O7S. The number of likely N-dealkylation sites (N-methyl/N-ethyl adjacent to an activating group) is 1. The van der Waals surface area contributed by atoms with Gasteiger partial charge in [0.1, 0.15) is 5.58 Å². The van der Waals surface area contributed by atoms with Crippen LogP contribution in [0.25, 0.3) is 16.7 Å². The fourth-order valence-electron chi connectivity index (χ4n) is 3.12. The van der Waals surface area contributed by atoms with Crippen molar-refractivity contribution in [2.75, 3.05) is 12.4 Å². The smallest absolute Gasteiger partial charge is 0.364 e. The topological polar surface area (TPSA) is 137 Å². The van der Waals surface area contributed by atoms with Gasteiger partial charge in [0.25, 0.3) is 15.9 Å². The quantitative estimate of drug-likeness (QED) is 0.512. The zero-order valence-electron chi connectivity index (χ0n) is 15.2. The van der Waals surface area contributed by atoms with Gasteiger partial charge in [-0.1, -0.05) is 23.7 Å². The molecule has 0 fully saturated rings. The van der Waals surface area contributed by atoms with Crippen molar-refractivity contribution in [3.05, 3.63) is 69.2 Å². The lowest BCUT2D eigenvalue weighted by molar-refractivity contribution is -0.113. The number of benzene rings is 2. The highest BCUT2D eigenvalue weighted by atomic mass is 35.5. The van der Waals surface area contributed by atoms with Crippen LogP contribution in [0.1, 0.15) is 5.56 Å². The number of carbonyl (C=O) groups excluding carboxylic acids is 1. The minimum absolute atomic E-state index is 0.0354. The predicted molar refractivity (Wildman–Crippen MR) is 109 cm³/mol. The van der Waals surface area contributed by atoms with Crippen molar-refractivity contribution in [2.24, 2.45) is 0 Å². The molecule has 0 saturated heterocycles. The Morgan fingerprint density at radius 1 is 1.17 bits per heavy atom. The first-order valence-electron chi connectivity index (χ1n) is 8.41. The standard InChI is InChI=1S/C19H13ClN2O7S/c1-22-15(17(24)10-4-2-3-5-13(10)30(22,27)28)18(25)21-14-16(23)11-8-9(20)6-7-12(11)29-19(14)26/h2-8,23-24H,1H3,(H,21,25). The largest absolute Gasteiger partial charge is 0.505 e. The van der Waals surface area contributed by atoms with E-state index in [1.54, 1.807) is 0 Å². The number of anilines is 1. The monoisotopic (exact) mass is 448 g/mol. The molecule has 154 valence electrons. The van der Waals surface area contributed by atoms with Crippen LogP contribution in [0, 0.1) is 0 Å². The summed E-state index contributed by atoms with van der Waals surface area (Å²) in [6.45, 7) is 0. The molecule has 0 atom stereocenters. The molecule has 3 N–H and O–H groups in total. The Hall–Kier alpha value is -3.50. The second-order valence-electron chi connectivity index (χ2n) is 6.37. The van der Waals surface area contributed by atoms with E-state index in [2.05, 4.69) is 5.32 Å². The molecule has 4 rings (SSSR count). The lowest BCUT2D eigenvalue weighted by Gasteiger charge is -2.28. The van der Waals surface area contributed by atoms with Crippen LogP contribution in [-0.2, 0) is 14.8 Å². The van der Waals surface area contributed by atoms with Crippen molar-refractivity contribution < 1.29 is 27.8 Å². The summed E-state index contributed by atoms with van der Waals surface area (Å²) in [5.41, 5.74) is -2.36. The number of carbonyl (C=O) groups is 1. The molecule has 2 aromatic carbocycles. The summed E-state index contributed by atoms with van der Waals surface area (Å²) in [6.07, 6.45) is 0. The van der Waals surface area contributed by atoms with Crippen molar-refractivity contribution in [1.82, 2.24) is 4.31 Å². The van der Waals surface area contributed by atoms with Crippen LogP contribution in [0.3, 0.4) is 0 Å². The molecule has 0 bridgehead atoms. The van der Waals surface area contributed by atoms with E-state index in [0.717, 1.165) is 7.05 Å². The van der Waals surface area contributed by atoms with Gasteiger partial charge >= 0.3 is 5.63 Å². The average molecular weight is 449 g/mol. The highest BCUT2D eigenvalue weighted by Crippen LogP contribution is 2.36. The van der Waals surface area contributed by atoms with Crippen LogP contribution in [0.2, 0.25) is 5.02 Å². The molecule has 1 aliphatic rings. The Kier molecular flexibility index (Phi) is 4.48. The second kappa shape index (κ2) is 6.78. The fourth-order valence-corrected chi connectivity index (χ4v) is 4.69. The Morgan fingerprint density at radius 3 is 2.60 bits per heavy atom. The molecular weight excluding hydrogens is 436 g/mol. The fraction of sp³-hybridized carbons (Fsp3) is 0.0526. The number of aromatic hydroxyl groups is 1. The number of sulfonamides is 1. The molecule has 0 radical (unpaired) electrons. The van der Waals surface area contributed by atoms with Crippen LogP contribution >= 0.6 is 11.6 Å². The van der Waals surface area contributed by atoms with Gasteiger partial charge in [-0.15, -0.1) is 0 Å². The normalized spacial score (nSPS) is 15.2. The zero-order valence-corrected chi connectivity index (χ0v) is 16.8. The second-order valence-corrected chi connectivity index (χ2v) is 8.75. The molecule has 0 unspecified atom stereocenters. The van der Waals surface area contributed by atoms with Crippen molar-refractivity contribution in [3.63, 3.8) is 0 Å². The molecule has 11 heteroatoms. The van der Waals surface area contributed by atoms with Gasteiger partial charge in [0.15, 0.2) is 22.9 Å². The Labute approximate surface area is 174 Å². The summed E-state index contributed by atoms with van der Waals surface area (Å²) < 4.78 is 31.1. The van der Waals surface area contributed by atoms with Gasteiger partial charge in [0.2, 0.25) is 0 Å². The predicted octanol–water partition coefficient (Wildman–Crippen LogP) is 2.65. The third kappa shape index (κ3) is 2.88. The van der Waals surface area contributed by atoms with Gasteiger partial charge in [-0.3, -0.25) is 9.10 Å². The number of fused-ring (bicyclic) bond motifs is 2.